The lowest BCUT2D eigenvalue weighted by atomic mass is 10.0. The average molecular weight is 423 g/mol. The Morgan fingerprint density at radius 1 is 0.690 bits per heavy atom. The van der Waals surface area contributed by atoms with Crippen molar-refractivity contribution >= 4 is 7.82 Å². The normalized spacial score (nSPS) is 14.8. The van der Waals surface area contributed by atoms with Gasteiger partial charge in [-0.2, -0.15) is 0 Å². The highest BCUT2D eigenvalue weighted by atomic mass is 31.2. The average Bonchev–Trinajstić information content (AvgIpc) is 2.68. The third-order valence-electron chi connectivity index (χ3n) is 4.12. The van der Waals surface area contributed by atoms with E-state index in [0.29, 0.717) is 0 Å². The Balaban J connectivity index is 3.74. The summed E-state index contributed by atoms with van der Waals surface area (Å²) in [5, 5.41) is 0. The van der Waals surface area contributed by atoms with Gasteiger partial charge in [0.15, 0.2) is 0 Å². The Kier molecular flexibility index (Phi) is 18.9. The standard InChI is InChI=1S/C24H39O4P/c1-3-5-6-7-8-9-10-11-12-13-14-15-16-17-18-19-20-21-22-24(4-2)23-28-29(25,26)27/h5-6,8-9,11-12,14-15,17-18,20-21,24H,3-4,7,10,13,16,19,22-23H2,1-2H3,(H2,25,26,27)/b6-5-,9-8-,12-11-,15-14-,18-17-,21-20-. The molecule has 0 aromatic rings. The molecular weight excluding hydrogens is 383 g/mol. The minimum atomic E-state index is -4.36. The van der Waals surface area contributed by atoms with E-state index in [4.69, 9.17) is 9.79 Å². The molecule has 0 radical (unpaired) electrons. The van der Waals surface area contributed by atoms with E-state index in [1.54, 1.807) is 0 Å². The summed E-state index contributed by atoms with van der Waals surface area (Å²) in [6.45, 7) is 4.23. The molecule has 0 saturated heterocycles. The minimum absolute atomic E-state index is 0.0901. The van der Waals surface area contributed by atoms with Crippen molar-refractivity contribution in [2.45, 2.75) is 65.2 Å². The lowest BCUT2D eigenvalue weighted by Crippen LogP contribution is -2.06. The van der Waals surface area contributed by atoms with E-state index in [9.17, 15) is 4.57 Å². The third kappa shape index (κ3) is 22.7. The molecule has 2 N–H and O–H groups in total. The number of phosphoric ester groups is 1. The molecule has 0 saturated carbocycles. The lowest BCUT2D eigenvalue weighted by molar-refractivity contribution is 0.166. The number of allylic oxidation sites excluding steroid dienone is 12. The van der Waals surface area contributed by atoms with Gasteiger partial charge in [0, 0.05) is 0 Å². The summed E-state index contributed by atoms with van der Waals surface area (Å²) in [5.41, 5.74) is 0. The molecule has 1 unspecified atom stereocenters. The van der Waals surface area contributed by atoms with Crippen LogP contribution in [0.4, 0.5) is 0 Å². The van der Waals surface area contributed by atoms with Crippen molar-refractivity contribution < 1.29 is 18.9 Å². The van der Waals surface area contributed by atoms with Crippen LogP contribution in [0, 0.1) is 5.92 Å². The van der Waals surface area contributed by atoms with Gasteiger partial charge < -0.3 is 9.79 Å². The summed E-state index contributed by atoms with van der Waals surface area (Å²) in [7, 11) is -4.36. The van der Waals surface area contributed by atoms with Gasteiger partial charge in [0.05, 0.1) is 6.61 Å². The molecule has 0 aliphatic heterocycles. The van der Waals surface area contributed by atoms with Gasteiger partial charge in [-0.1, -0.05) is 93.2 Å². The van der Waals surface area contributed by atoms with Gasteiger partial charge >= 0.3 is 7.82 Å². The van der Waals surface area contributed by atoms with Crippen LogP contribution in [0.15, 0.2) is 72.9 Å². The summed E-state index contributed by atoms with van der Waals surface area (Å²) < 4.78 is 15.3. The van der Waals surface area contributed by atoms with Crippen LogP contribution < -0.4 is 0 Å². The molecule has 0 bridgehead atoms. The fraction of sp³-hybridized carbons (Fsp3) is 0.500. The van der Waals surface area contributed by atoms with Crippen LogP contribution in [0.5, 0.6) is 0 Å². The van der Waals surface area contributed by atoms with Crippen LogP contribution in [0.25, 0.3) is 0 Å². The first-order valence-electron chi connectivity index (χ1n) is 10.6. The molecular formula is C24H39O4P. The molecule has 5 heteroatoms. The van der Waals surface area contributed by atoms with Gasteiger partial charge in [-0.3, -0.25) is 4.52 Å². The molecule has 0 heterocycles. The van der Waals surface area contributed by atoms with Crippen molar-refractivity contribution in [2.75, 3.05) is 6.61 Å². The Labute approximate surface area is 177 Å². The highest BCUT2D eigenvalue weighted by Gasteiger charge is 2.16. The molecule has 0 fully saturated rings. The Morgan fingerprint density at radius 2 is 1.07 bits per heavy atom. The molecule has 0 aromatic heterocycles. The fourth-order valence-electron chi connectivity index (χ4n) is 2.37. The van der Waals surface area contributed by atoms with Crippen LogP contribution in [0.3, 0.4) is 0 Å². The van der Waals surface area contributed by atoms with E-state index in [1.165, 1.54) is 0 Å². The van der Waals surface area contributed by atoms with Crippen molar-refractivity contribution in [1.82, 2.24) is 0 Å². The highest BCUT2D eigenvalue weighted by Crippen LogP contribution is 2.36. The molecule has 4 nitrogen and oxygen atoms in total. The Morgan fingerprint density at radius 3 is 1.41 bits per heavy atom. The second-order valence-corrected chi connectivity index (χ2v) is 7.95. The van der Waals surface area contributed by atoms with E-state index < -0.39 is 7.82 Å². The lowest BCUT2D eigenvalue weighted by Gasteiger charge is -2.13. The predicted octanol–water partition coefficient (Wildman–Crippen LogP) is 7.21. The van der Waals surface area contributed by atoms with E-state index in [2.05, 4.69) is 84.4 Å². The summed E-state index contributed by atoms with van der Waals surface area (Å²) >= 11 is 0. The Hall–Kier alpha value is -1.45. The highest BCUT2D eigenvalue weighted by molar-refractivity contribution is 7.46. The third-order valence-corrected chi connectivity index (χ3v) is 4.61. The first kappa shape index (κ1) is 27.5. The van der Waals surface area contributed by atoms with Crippen LogP contribution in [0.2, 0.25) is 0 Å². The topological polar surface area (TPSA) is 66.8 Å². The summed E-state index contributed by atoms with van der Waals surface area (Å²) in [5.74, 6) is 0.132. The first-order chi connectivity index (χ1) is 14.0. The van der Waals surface area contributed by atoms with Crippen LogP contribution in [-0.2, 0) is 9.09 Å². The predicted molar refractivity (Wildman–Crippen MR) is 125 cm³/mol. The maximum absolute atomic E-state index is 10.7. The number of phosphoric acid groups is 1. The van der Waals surface area contributed by atoms with Crippen molar-refractivity contribution in [1.29, 1.82) is 0 Å². The Bertz CT molecular complexity index is 594. The van der Waals surface area contributed by atoms with E-state index in [-0.39, 0.29) is 12.5 Å². The van der Waals surface area contributed by atoms with Crippen LogP contribution in [-0.4, -0.2) is 16.4 Å². The van der Waals surface area contributed by atoms with E-state index in [0.717, 1.165) is 51.4 Å². The zero-order chi connectivity index (χ0) is 21.6. The number of hydrogen-bond acceptors (Lipinski definition) is 2. The quantitative estimate of drug-likeness (QED) is 0.192. The van der Waals surface area contributed by atoms with Crippen LogP contribution in [0.1, 0.15) is 65.2 Å². The molecule has 29 heavy (non-hydrogen) atoms. The first-order valence-corrected chi connectivity index (χ1v) is 12.1. The molecule has 1 atom stereocenters. The van der Waals surface area contributed by atoms with Gasteiger partial charge in [0.2, 0.25) is 0 Å². The van der Waals surface area contributed by atoms with E-state index >= 15 is 0 Å². The monoisotopic (exact) mass is 422 g/mol. The van der Waals surface area contributed by atoms with Gasteiger partial charge in [-0.15, -0.1) is 0 Å². The maximum Gasteiger partial charge on any atom is 0.469 e. The minimum Gasteiger partial charge on any atom is -0.303 e. The van der Waals surface area contributed by atoms with E-state index in [1.807, 2.05) is 6.92 Å². The molecule has 164 valence electrons. The zero-order valence-electron chi connectivity index (χ0n) is 18.0. The zero-order valence-corrected chi connectivity index (χ0v) is 18.9. The van der Waals surface area contributed by atoms with Crippen molar-refractivity contribution in [3.8, 4) is 0 Å². The largest absolute Gasteiger partial charge is 0.469 e. The summed E-state index contributed by atoms with van der Waals surface area (Å²) in [6, 6.07) is 0. The van der Waals surface area contributed by atoms with Crippen molar-refractivity contribution in [3.63, 3.8) is 0 Å². The number of rotatable bonds is 17. The fourth-order valence-corrected chi connectivity index (χ4v) is 2.77. The molecule has 0 amide bonds. The second kappa shape index (κ2) is 19.8. The molecule has 0 rings (SSSR count). The van der Waals surface area contributed by atoms with Crippen molar-refractivity contribution in [3.05, 3.63) is 72.9 Å². The van der Waals surface area contributed by atoms with Gasteiger partial charge in [-0.25, -0.2) is 4.57 Å². The SMILES string of the molecule is CC/C=C\C/C=C\C/C=C\C/C=C\C/C=C\C/C=C\CC(CC)COP(=O)(O)O. The smallest absolute Gasteiger partial charge is 0.303 e. The maximum atomic E-state index is 10.7. The molecule has 0 aromatic carbocycles. The second-order valence-electron chi connectivity index (χ2n) is 6.71. The van der Waals surface area contributed by atoms with Gasteiger partial charge in [0.1, 0.15) is 0 Å². The summed E-state index contributed by atoms with van der Waals surface area (Å²) in [4.78, 5) is 17.5. The van der Waals surface area contributed by atoms with Gasteiger partial charge in [-0.05, 0) is 50.9 Å². The van der Waals surface area contributed by atoms with Crippen molar-refractivity contribution in [2.24, 2.45) is 5.92 Å². The van der Waals surface area contributed by atoms with Gasteiger partial charge in [0.25, 0.3) is 0 Å². The number of hydrogen-bond donors (Lipinski definition) is 2. The summed E-state index contributed by atoms with van der Waals surface area (Å²) in [6.07, 6.45) is 33.4. The van der Waals surface area contributed by atoms with Crippen LogP contribution >= 0.6 is 7.82 Å². The molecule has 0 aliphatic rings. The molecule has 0 aliphatic carbocycles. The molecule has 0 spiro atoms.